The molecule has 0 saturated carbocycles. The van der Waals surface area contributed by atoms with E-state index in [1.807, 2.05) is 22.7 Å². The van der Waals surface area contributed by atoms with Crippen molar-refractivity contribution in [3.05, 3.63) is 413 Å². The van der Waals surface area contributed by atoms with Gasteiger partial charge in [-0.3, -0.25) is 0 Å². The van der Waals surface area contributed by atoms with E-state index >= 15 is 0 Å². The minimum Gasteiger partial charge on any atom is -0.309 e. The smallest absolute Gasteiger partial charge is 0.0641 e. The lowest BCUT2D eigenvalue weighted by Crippen LogP contribution is -1.95. The van der Waals surface area contributed by atoms with E-state index in [4.69, 9.17) is 0 Å². The van der Waals surface area contributed by atoms with Crippen molar-refractivity contribution >= 4 is 150 Å². The van der Waals surface area contributed by atoms with E-state index in [1.54, 1.807) is 0 Å². The molecular weight excluding hydrogens is 1420 g/mol. The Morgan fingerprint density at radius 2 is 0.447 bits per heavy atom. The molecular formula is C108H68N4S2. The lowest BCUT2D eigenvalue weighted by atomic mass is 9.95. The summed E-state index contributed by atoms with van der Waals surface area (Å²) in [6.07, 6.45) is 0. The number of aromatic nitrogens is 4. The molecule has 0 atom stereocenters. The highest BCUT2D eigenvalue weighted by atomic mass is 32.1. The Balaban J connectivity index is 0.000000135. The summed E-state index contributed by atoms with van der Waals surface area (Å²) >= 11 is 3.78. The van der Waals surface area contributed by atoms with Gasteiger partial charge in [0.2, 0.25) is 0 Å². The lowest BCUT2D eigenvalue weighted by Gasteiger charge is -2.13. The van der Waals surface area contributed by atoms with Gasteiger partial charge in [0.05, 0.1) is 64.9 Å². The van der Waals surface area contributed by atoms with Crippen molar-refractivity contribution in [2.45, 2.75) is 0 Å². The Labute approximate surface area is 665 Å². The Bertz CT molecular complexity index is 7970. The van der Waals surface area contributed by atoms with Crippen LogP contribution in [0.3, 0.4) is 0 Å². The summed E-state index contributed by atoms with van der Waals surface area (Å²) in [6, 6.07) is 151. The summed E-state index contributed by atoms with van der Waals surface area (Å²) < 4.78 is 15.0. The van der Waals surface area contributed by atoms with Crippen LogP contribution in [0.4, 0.5) is 0 Å². The van der Waals surface area contributed by atoms with Crippen molar-refractivity contribution in [1.82, 2.24) is 18.3 Å². The fraction of sp³-hybridized carbons (Fsp3) is 0. The molecule has 0 bridgehead atoms. The molecule has 0 spiro atoms. The molecule has 6 heteroatoms. The number of nitrogens with zero attached hydrogens (tertiary/aromatic N) is 4. The van der Waals surface area contributed by atoms with E-state index in [2.05, 4.69) is 431 Å². The topological polar surface area (TPSA) is 19.7 Å². The highest BCUT2D eigenvalue weighted by Gasteiger charge is 2.25. The summed E-state index contributed by atoms with van der Waals surface area (Å²) in [7, 11) is 0. The average Bonchev–Trinajstić information content (AvgIpc) is 1.56. The van der Waals surface area contributed by atoms with E-state index in [1.165, 1.54) is 211 Å². The maximum absolute atomic E-state index is 2.49. The molecule has 4 nitrogen and oxygen atoms in total. The van der Waals surface area contributed by atoms with Crippen molar-refractivity contribution in [3.8, 4) is 89.5 Å². The van der Waals surface area contributed by atoms with Crippen LogP contribution in [-0.2, 0) is 0 Å². The van der Waals surface area contributed by atoms with Crippen LogP contribution in [-0.4, -0.2) is 18.3 Å². The van der Waals surface area contributed by atoms with Crippen molar-refractivity contribution in [2.24, 2.45) is 0 Å². The standard InChI is InChI=1S/2C54H34N2S/c1-3-14-35(15-4-1)36-16-13-17-39(32-36)41-28-31-51(54-53(41)44-22-9-12-25-52(44)57-54)56-48-24-11-8-21-43(48)46-34-38(27-30-50(46)56)37-26-29-49-45(33-37)42-20-7-10-23-47(42)55(49)40-18-5-2-6-19-40;1-3-14-35(15-4-1)37-18-13-19-40(32-37)55-47-23-10-7-20-42(47)45-33-38(26-29-49(45)55)39-27-30-50-46(34-39)43-21-8-11-24-48(43)56(50)51-31-28-41(36-16-5-2-6-17-36)53-44-22-9-12-25-52(44)57-54(51)53/h2*1-34H. The van der Waals surface area contributed by atoms with Gasteiger partial charge in [-0.15, -0.1) is 22.7 Å². The first-order valence-electron chi connectivity index (χ1n) is 39.0. The van der Waals surface area contributed by atoms with Gasteiger partial charge in [-0.1, -0.05) is 285 Å². The first kappa shape index (κ1) is 65.5. The van der Waals surface area contributed by atoms with Gasteiger partial charge < -0.3 is 18.3 Å². The molecule has 0 amide bonds. The Kier molecular flexibility index (Phi) is 15.3. The minimum absolute atomic E-state index is 1.16. The zero-order valence-corrected chi connectivity index (χ0v) is 63.5. The Morgan fingerprint density at radius 3 is 0.886 bits per heavy atom. The summed E-state index contributed by atoms with van der Waals surface area (Å²) in [5.41, 5.74) is 29.2. The number of thiophene rings is 2. The minimum atomic E-state index is 1.16. The van der Waals surface area contributed by atoms with Crippen LogP contribution in [0.15, 0.2) is 413 Å². The molecule has 0 fully saturated rings. The van der Waals surface area contributed by atoms with E-state index in [9.17, 15) is 0 Å². The third-order valence-corrected chi connectivity index (χ3v) is 25.8. The molecule has 6 heterocycles. The summed E-state index contributed by atoms with van der Waals surface area (Å²) in [4.78, 5) is 0. The van der Waals surface area contributed by atoms with Gasteiger partial charge in [0, 0.05) is 85.4 Å². The fourth-order valence-corrected chi connectivity index (χ4v) is 20.8. The second-order valence-electron chi connectivity index (χ2n) is 29.8. The van der Waals surface area contributed by atoms with Crippen LogP contribution in [0, 0.1) is 0 Å². The van der Waals surface area contributed by atoms with Gasteiger partial charge in [-0.2, -0.15) is 0 Å². The third kappa shape index (κ3) is 10.6. The summed E-state index contributed by atoms with van der Waals surface area (Å²) in [5.74, 6) is 0. The van der Waals surface area contributed by atoms with Crippen LogP contribution in [0.25, 0.3) is 217 Å². The fourth-order valence-electron chi connectivity index (χ4n) is 18.3. The second kappa shape index (κ2) is 26.7. The van der Waals surface area contributed by atoms with E-state index in [-0.39, 0.29) is 0 Å². The molecule has 0 aliphatic heterocycles. The van der Waals surface area contributed by atoms with Crippen LogP contribution in [0.5, 0.6) is 0 Å². The van der Waals surface area contributed by atoms with E-state index in [0.717, 1.165) is 5.69 Å². The molecule has 532 valence electrons. The predicted molar refractivity (Wildman–Crippen MR) is 489 cm³/mol. The first-order valence-corrected chi connectivity index (χ1v) is 40.7. The molecule has 0 saturated heterocycles. The summed E-state index contributed by atoms with van der Waals surface area (Å²) in [6.45, 7) is 0. The molecule has 0 radical (unpaired) electrons. The Morgan fingerprint density at radius 1 is 0.158 bits per heavy atom. The molecule has 0 unspecified atom stereocenters. The van der Waals surface area contributed by atoms with Crippen LogP contribution in [0.1, 0.15) is 0 Å². The van der Waals surface area contributed by atoms with Crippen molar-refractivity contribution in [3.63, 3.8) is 0 Å². The van der Waals surface area contributed by atoms with Crippen molar-refractivity contribution in [2.75, 3.05) is 0 Å². The molecule has 0 aliphatic rings. The van der Waals surface area contributed by atoms with Gasteiger partial charge in [-0.05, 0) is 194 Å². The van der Waals surface area contributed by atoms with Gasteiger partial charge in [0.15, 0.2) is 0 Å². The zero-order valence-electron chi connectivity index (χ0n) is 61.9. The van der Waals surface area contributed by atoms with Gasteiger partial charge in [0.25, 0.3) is 0 Å². The van der Waals surface area contributed by atoms with Crippen LogP contribution in [0.2, 0.25) is 0 Å². The molecule has 18 aromatic carbocycles. The molecule has 24 rings (SSSR count). The molecule has 0 aliphatic carbocycles. The van der Waals surface area contributed by atoms with E-state index in [0.29, 0.717) is 0 Å². The molecule has 0 N–H and O–H groups in total. The summed E-state index contributed by atoms with van der Waals surface area (Å²) in [5, 5.41) is 15.3. The van der Waals surface area contributed by atoms with Gasteiger partial charge in [-0.25, -0.2) is 0 Å². The maximum atomic E-state index is 2.49. The number of hydrogen-bond donors (Lipinski definition) is 0. The second-order valence-corrected chi connectivity index (χ2v) is 31.9. The van der Waals surface area contributed by atoms with Crippen LogP contribution < -0.4 is 0 Å². The van der Waals surface area contributed by atoms with Crippen LogP contribution >= 0.6 is 22.7 Å². The number of benzene rings is 18. The largest absolute Gasteiger partial charge is 0.309 e. The van der Waals surface area contributed by atoms with Gasteiger partial charge >= 0.3 is 0 Å². The number of fused-ring (bicyclic) bond motifs is 18. The molecule has 114 heavy (non-hydrogen) atoms. The maximum Gasteiger partial charge on any atom is 0.0641 e. The monoisotopic (exact) mass is 1480 g/mol. The zero-order chi connectivity index (χ0) is 74.9. The Hall–Kier alpha value is -14.4. The normalized spacial score (nSPS) is 11.9. The average molecular weight is 1490 g/mol. The SMILES string of the molecule is c1ccc(-c2cccc(-c3ccc(-n4c5ccccc5c5cc(-c6ccc7c(c6)c6ccccc6n7-c6ccccc6)ccc54)c4sc5ccccc5c34)c2)cc1.c1ccc(-c2cccc(-n3c4ccccc4c4cc(-c5ccc6c(c5)c5ccccc5n6-c5ccc(-c6ccccc6)c6c5sc5ccccc56)ccc43)c2)cc1. The molecule has 24 aromatic rings. The highest BCUT2D eigenvalue weighted by molar-refractivity contribution is 7.26. The van der Waals surface area contributed by atoms with Crippen molar-refractivity contribution < 1.29 is 0 Å². The predicted octanol–water partition coefficient (Wildman–Crippen LogP) is 30.5. The molecule has 6 aromatic heterocycles. The first-order chi connectivity index (χ1) is 56.6. The van der Waals surface area contributed by atoms with Gasteiger partial charge in [0.1, 0.15) is 0 Å². The number of hydrogen-bond acceptors (Lipinski definition) is 2. The number of para-hydroxylation sites is 5. The lowest BCUT2D eigenvalue weighted by molar-refractivity contribution is 1.18. The van der Waals surface area contributed by atoms with Crippen molar-refractivity contribution in [1.29, 1.82) is 0 Å². The van der Waals surface area contributed by atoms with E-state index < -0.39 is 0 Å². The highest BCUT2D eigenvalue weighted by Crippen LogP contribution is 2.49. The number of rotatable bonds is 10. The quantitative estimate of drug-likeness (QED) is 0.130. The third-order valence-electron chi connectivity index (χ3n) is 23.4.